The molecule has 2 rings (SSSR count). The second-order valence-electron chi connectivity index (χ2n) is 4.64. The molecule has 0 unspecified atom stereocenters. The number of aliphatic hydroxyl groups excluding tert-OH is 2. The fraction of sp³-hybridized carbons (Fsp3) is 0.545. The molecule has 0 amide bonds. The zero-order valence-electron chi connectivity index (χ0n) is 11.0. The maximum atomic E-state index is 11.5. The van der Waals surface area contributed by atoms with Gasteiger partial charge in [-0.3, -0.25) is 4.79 Å². The van der Waals surface area contributed by atoms with Crippen LogP contribution in [0.15, 0.2) is 0 Å². The number of halogens is 2. The third kappa shape index (κ3) is 3.13. The van der Waals surface area contributed by atoms with E-state index in [0.29, 0.717) is 0 Å². The number of aromatic nitrogens is 2. The van der Waals surface area contributed by atoms with E-state index in [9.17, 15) is 15.0 Å². The molecule has 21 heavy (non-hydrogen) atoms. The molecule has 1 aliphatic rings. The lowest BCUT2D eigenvalue weighted by Gasteiger charge is -2.19. The van der Waals surface area contributed by atoms with E-state index in [2.05, 4.69) is 20.0 Å². The van der Waals surface area contributed by atoms with Gasteiger partial charge in [-0.1, -0.05) is 11.6 Å². The number of ether oxygens (including phenoxy) is 1. The summed E-state index contributed by atoms with van der Waals surface area (Å²) in [7, 11) is 1.21. The van der Waals surface area contributed by atoms with Crippen LogP contribution < -0.4 is 11.1 Å². The minimum Gasteiger partial charge on any atom is -0.469 e. The number of esters is 1. The van der Waals surface area contributed by atoms with E-state index < -0.39 is 30.1 Å². The molecule has 116 valence electrons. The minimum absolute atomic E-state index is 0.0324. The monoisotopic (exact) mass is 336 g/mol. The highest BCUT2D eigenvalue weighted by Gasteiger charge is 2.46. The number of anilines is 2. The zero-order chi connectivity index (χ0) is 15.7. The average molecular weight is 337 g/mol. The molecule has 0 spiro atoms. The first-order valence-corrected chi connectivity index (χ1v) is 6.79. The number of nitrogens with one attached hydrogen (secondary N) is 1. The van der Waals surface area contributed by atoms with Crippen molar-refractivity contribution in [2.24, 2.45) is 5.92 Å². The molecule has 1 aromatic heterocycles. The van der Waals surface area contributed by atoms with Gasteiger partial charge in [0.05, 0.1) is 25.2 Å². The van der Waals surface area contributed by atoms with Gasteiger partial charge in [0.2, 0.25) is 5.28 Å². The summed E-state index contributed by atoms with van der Waals surface area (Å²) < 4.78 is 4.58. The van der Waals surface area contributed by atoms with Crippen molar-refractivity contribution in [1.29, 1.82) is 0 Å². The molecule has 1 aliphatic carbocycles. The number of carbonyl (C=O) groups is 1. The fourth-order valence-electron chi connectivity index (χ4n) is 2.26. The van der Waals surface area contributed by atoms with Crippen molar-refractivity contribution in [2.75, 3.05) is 18.2 Å². The van der Waals surface area contributed by atoms with E-state index in [1.807, 2.05) is 0 Å². The van der Waals surface area contributed by atoms with Crippen LogP contribution >= 0.6 is 23.2 Å². The zero-order valence-corrected chi connectivity index (χ0v) is 12.5. The number of nitrogens with two attached hydrogens (primary N) is 1. The van der Waals surface area contributed by atoms with Gasteiger partial charge in [0.15, 0.2) is 11.0 Å². The molecule has 0 radical (unpaired) electrons. The largest absolute Gasteiger partial charge is 0.469 e. The Morgan fingerprint density at radius 1 is 1.38 bits per heavy atom. The molecular formula is C11H14Cl2N4O4. The van der Waals surface area contributed by atoms with Crippen molar-refractivity contribution in [1.82, 2.24) is 9.97 Å². The highest BCUT2D eigenvalue weighted by Crippen LogP contribution is 2.32. The predicted octanol–water partition coefficient (Wildman–Crippen LogP) is 0.0608. The molecule has 4 atom stereocenters. The van der Waals surface area contributed by atoms with Crippen LogP contribution in [0.25, 0.3) is 0 Å². The topological polar surface area (TPSA) is 131 Å². The number of nitrogens with zero attached hydrogens (tertiary/aromatic N) is 2. The third-order valence-electron chi connectivity index (χ3n) is 3.38. The molecule has 1 saturated carbocycles. The Balaban J connectivity index is 2.19. The second-order valence-corrected chi connectivity index (χ2v) is 5.34. The number of hydrogen-bond donors (Lipinski definition) is 4. The molecule has 8 nitrogen and oxygen atoms in total. The SMILES string of the molecule is COC(=O)[C@@H]1C[C@H](Nc2nc(Cl)nc(Cl)c2N)[C@@H](O)[C@H]1O. The standard InChI is InChI=1S/C11H14Cl2N4O4/c1-21-10(20)3-2-4(7(19)6(3)18)15-9-5(14)8(12)16-11(13)17-9/h3-4,6-7,18-19H,2,14H2,1H3,(H,15,16,17)/t3-,4+,6+,7-/m1/s1. The van der Waals surface area contributed by atoms with Gasteiger partial charge >= 0.3 is 5.97 Å². The summed E-state index contributed by atoms with van der Waals surface area (Å²) in [6.45, 7) is 0. The van der Waals surface area contributed by atoms with Crippen molar-refractivity contribution in [3.05, 3.63) is 10.4 Å². The van der Waals surface area contributed by atoms with Gasteiger partial charge in [0.1, 0.15) is 11.8 Å². The number of carbonyl (C=O) groups excluding carboxylic acids is 1. The normalized spacial score (nSPS) is 28.4. The number of methoxy groups -OCH3 is 1. The van der Waals surface area contributed by atoms with Gasteiger partial charge in [0.25, 0.3) is 0 Å². The first kappa shape index (κ1) is 16.0. The van der Waals surface area contributed by atoms with Crippen LogP contribution in [0.3, 0.4) is 0 Å². The number of nitrogen functional groups attached to an aromatic ring is 1. The number of hydrogen-bond acceptors (Lipinski definition) is 8. The molecule has 5 N–H and O–H groups in total. The maximum absolute atomic E-state index is 11.5. The summed E-state index contributed by atoms with van der Waals surface area (Å²) in [5, 5.41) is 22.5. The van der Waals surface area contributed by atoms with Crippen molar-refractivity contribution < 1.29 is 19.7 Å². The summed E-state index contributed by atoms with van der Waals surface area (Å²) in [5.41, 5.74) is 5.78. The number of aliphatic hydroxyl groups is 2. The summed E-state index contributed by atoms with van der Waals surface area (Å²) in [4.78, 5) is 19.1. The summed E-state index contributed by atoms with van der Waals surface area (Å²) in [5.74, 6) is -1.31. The lowest BCUT2D eigenvalue weighted by molar-refractivity contribution is -0.149. The van der Waals surface area contributed by atoms with Crippen LogP contribution in [-0.2, 0) is 9.53 Å². The van der Waals surface area contributed by atoms with Crippen LogP contribution in [0.5, 0.6) is 0 Å². The van der Waals surface area contributed by atoms with Gasteiger partial charge in [-0.2, -0.15) is 4.98 Å². The molecule has 0 saturated heterocycles. The molecule has 1 aromatic rings. The van der Waals surface area contributed by atoms with E-state index >= 15 is 0 Å². The summed E-state index contributed by atoms with van der Waals surface area (Å²) in [6.07, 6.45) is -2.29. The lowest BCUT2D eigenvalue weighted by atomic mass is 10.1. The lowest BCUT2D eigenvalue weighted by Crippen LogP contribution is -2.36. The van der Waals surface area contributed by atoms with Gasteiger partial charge in [0, 0.05) is 0 Å². The Morgan fingerprint density at radius 2 is 2.05 bits per heavy atom. The molecule has 0 bridgehead atoms. The molecule has 1 fully saturated rings. The van der Waals surface area contributed by atoms with E-state index in [-0.39, 0.29) is 28.4 Å². The Kier molecular flexibility index (Phi) is 4.72. The van der Waals surface area contributed by atoms with Crippen molar-refractivity contribution in [2.45, 2.75) is 24.7 Å². The minimum atomic E-state index is -1.25. The average Bonchev–Trinajstić information content (AvgIpc) is 2.72. The Hall–Kier alpha value is -1.35. The Labute approximate surface area is 130 Å². The Morgan fingerprint density at radius 3 is 2.67 bits per heavy atom. The van der Waals surface area contributed by atoms with E-state index in [0.717, 1.165) is 0 Å². The summed E-state index contributed by atoms with van der Waals surface area (Å²) >= 11 is 11.5. The van der Waals surface area contributed by atoms with E-state index in [1.165, 1.54) is 7.11 Å². The van der Waals surface area contributed by atoms with Gasteiger partial charge in [-0.25, -0.2) is 4.98 Å². The van der Waals surface area contributed by atoms with Crippen LogP contribution in [0.1, 0.15) is 6.42 Å². The van der Waals surface area contributed by atoms with E-state index in [4.69, 9.17) is 28.9 Å². The second kappa shape index (κ2) is 6.18. The molecule has 1 heterocycles. The molecule has 0 aliphatic heterocycles. The van der Waals surface area contributed by atoms with Crippen molar-refractivity contribution >= 4 is 40.7 Å². The fourth-order valence-corrected chi connectivity index (χ4v) is 2.64. The number of rotatable bonds is 3. The van der Waals surface area contributed by atoms with Gasteiger partial charge in [-0.05, 0) is 18.0 Å². The van der Waals surface area contributed by atoms with Crippen LogP contribution in [-0.4, -0.2) is 51.5 Å². The molecular weight excluding hydrogens is 323 g/mol. The van der Waals surface area contributed by atoms with Crippen LogP contribution in [0.4, 0.5) is 11.5 Å². The highest BCUT2D eigenvalue weighted by molar-refractivity contribution is 6.34. The van der Waals surface area contributed by atoms with Gasteiger partial charge in [-0.15, -0.1) is 0 Å². The highest BCUT2D eigenvalue weighted by atomic mass is 35.5. The van der Waals surface area contributed by atoms with E-state index in [1.54, 1.807) is 0 Å². The first-order chi connectivity index (χ1) is 9.85. The first-order valence-electron chi connectivity index (χ1n) is 6.04. The summed E-state index contributed by atoms with van der Waals surface area (Å²) in [6, 6.07) is -0.659. The third-order valence-corrected chi connectivity index (χ3v) is 3.84. The van der Waals surface area contributed by atoms with Crippen LogP contribution in [0, 0.1) is 5.92 Å². The quantitative estimate of drug-likeness (QED) is 0.346. The molecule has 0 aromatic carbocycles. The van der Waals surface area contributed by atoms with Crippen molar-refractivity contribution in [3.8, 4) is 0 Å². The van der Waals surface area contributed by atoms with Gasteiger partial charge < -0.3 is 26.0 Å². The smallest absolute Gasteiger partial charge is 0.311 e. The Bertz CT molecular complexity index is 559. The molecule has 10 heteroatoms. The predicted molar refractivity (Wildman–Crippen MR) is 76.0 cm³/mol. The van der Waals surface area contributed by atoms with Crippen molar-refractivity contribution in [3.63, 3.8) is 0 Å². The maximum Gasteiger partial charge on any atom is 0.311 e. The van der Waals surface area contributed by atoms with Crippen LogP contribution in [0.2, 0.25) is 10.4 Å².